The van der Waals surface area contributed by atoms with E-state index in [1.54, 1.807) is 31.0 Å². The average molecular weight is 171 g/mol. The van der Waals surface area contributed by atoms with E-state index in [9.17, 15) is 0 Å². The molecule has 0 aliphatic carbocycles. The molecule has 0 saturated carbocycles. The number of nitrogens with one attached hydrogen (secondary N) is 1. The van der Waals surface area contributed by atoms with Gasteiger partial charge in [-0.3, -0.25) is 9.98 Å². The quantitative estimate of drug-likeness (QED) is 0.696. The number of aliphatic imine (C=N–C) groups is 1. The van der Waals surface area contributed by atoms with E-state index in [1.807, 2.05) is 18.2 Å². The second-order valence-electron chi connectivity index (χ2n) is 2.62. The molecule has 0 spiro atoms. The first-order valence-corrected chi connectivity index (χ1v) is 4.01. The predicted octanol–water partition coefficient (Wildman–Crippen LogP) is 1.57. The smallest absolute Gasteiger partial charge is 0.0572 e. The van der Waals surface area contributed by atoms with Crippen LogP contribution in [0.3, 0.4) is 0 Å². The molecule has 0 saturated heterocycles. The van der Waals surface area contributed by atoms with Crippen molar-refractivity contribution < 1.29 is 0 Å². The fraction of sp³-hybridized carbons (Fsp3) is 0. The third-order valence-corrected chi connectivity index (χ3v) is 1.63. The van der Waals surface area contributed by atoms with Crippen LogP contribution in [0.5, 0.6) is 0 Å². The Hall–Kier alpha value is -1.90. The summed E-state index contributed by atoms with van der Waals surface area (Å²) in [5.74, 6) is 0. The fourth-order valence-electron chi connectivity index (χ4n) is 1.06. The highest BCUT2D eigenvalue weighted by Gasteiger charge is 1.93. The number of aromatic nitrogens is 1. The minimum Gasteiger partial charge on any atom is -0.359 e. The van der Waals surface area contributed by atoms with Crippen LogP contribution < -0.4 is 5.32 Å². The zero-order chi connectivity index (χ0) is 8.93. The Bertz CT molecular complexity index is 363. The first-order valence-electron chi connectivity index (χ1n) is 4.01. The molecule has 3 nitrogen and oxygen atoms in total. The lowest BCUT2D eigenvalue weighted by Gasteiger charge is -2.03. The van der Waals surface area contributed by atoms with Crippen molar-refractivity contribution in [2.24, 2.45) is 4.99 Å². The van der Waals surface area contributed by atoms with Gasteiger partial charge in [0.2, 0.25) is 0 Å². The molecule has 0 fully saturated rings. The number of hydrogen-bond acceptors (Lipinski definition) is 3. The number of pyridine rings is 1. The van der Waals surface area contributed by atoms with Crippen LogP contribution in [0.4, 0.5) is 0 Å². The highest BCUT2D eigenvalue weighted by molar-refractivity contribution is 5.86. The summed E-state index contributed by atoms with van der Waals surface area (Å²) in [6, 6.07) is 3.90. The molecule has 0 radical (unpaired) electrons. The molecule has 1 aliphatic rings. The Kier molecular flexibility index (Phi) is 2.18. The summed E-state index contributed by atoms with van der Waals surface area (Å²) >= 11 is 0. The van der Waals surface area contributed by atoms with E-state index in [-0.39, 0.29) is 0 Å². The van der Waals surface area contributed by atoms with Gasteiger partial charge in [0.15, 0.2) is 0 Å². The Balaban J connectivity index is 2.21. The summed E-state index contributed by atoms with van der Waals surface area (Å²) in [5.41, 5.74) is 2.03. The standard InChI is InChI=1S/C10H9N3/c1-2-9(7-11-3-1)6-10-8-12-4-5-13-10/h1-8,13H. The van der Waals surface area contributed by atoms with E-state index >= 15 is 0 Å². The van der Waals surface area contributed by atoms with Crippen molar-refractivity contribution in [2.75, 3.05) is 0 Å². The normalized spacial score (nSPS) is 17.4. The fourth-order valence-corrected chi connectivity index (χ4v) is 1.06. The molecular formula is C10H9N3. The molecule has 0 atom stereocenters. The number of rotatable bonds is 1. The van der Waals surface area contributed by atoms with Gasteiger partial charge in [-0.05, 0) is 17.7 Å². The van der Waals surface area contributed by atoms with E-state index in [1.165, 1.54) is 0 Å². The molecule has 0 bridgehead atoms. The molecule has 2 rings (SSSR count). The topological polar surface area (TPSA) is 37.3 Å². The SMILES string of the molecule is C1=CNC(=Cc2cccnc2)C=N1. The van der Waals surface area contributed by atoms with E-state index < -0.39 is 0 Å². The van der Waals surface area contributed by atoms with Gasteiger partial charge in [-0.15, -0.1) is 0 Å². The van der Waals surface area contributed by atoms with Crippen LogP contribution in [0.2, 0.25) is 0 Å². The lowest BCUT2D eigenvalue weighted by molar-refractivity contribution is 1.12. The first kappa shape index (κ1) is 7.73. The van der Waals surface area contributed by atoms with Gasteiger partial charge in [0, 0.05) is 24.8 Å². The zero-order valence-corrected chi connectivity index (χ0v) is 7.01. The molecular weight excluding hydrogens is 162 g/mol. The highest BCUT2D eigenvalue weighted by atomic mass is 14.9. The highest BCUT2D eigenvalue weighted by Crippen LogP contribution is 2.03. The predicted molar refractivity (Wildman–Crippen MR) is 53.0 cm³/mol. The molecule has 3 heteroatoms. The van der Waals surface area contributed by atoms with Gasteiger partial charge in [0.25, 0.3) is 0 Å². The van der Waals surface area contributed by atoms with Gasteiger partial charge >= 0.3 is 0 Å². The van der Waals surface area contributed by atoms with E-state index in [2.05, 4.69) is 15.3 Å². The number of hydrogen-bond donors (Lipinski definition) is 1. The van der Waals surface area contributed by atoms with Gasteiger partial charge in [-0.1, -0.05) is 6.07 Å². The van der Waals surface area contributed by atoms with E-state index in [0.717, 1.165) is 11.3 Å². The summed E-state index contributed by atoms with van der Waals surface area (Å²) in [5, 5.41) is 3.07. The summed E-state index contributed by atoms with van der Waals surface area (Å²) in [4.78, 5) is 8.01. The molecule has 1 N–H and O–H groups in total. The van der Waals surface area contributed by atoms with Crippen LogP contribution in [0.1, 0.15) is 5.56 Å². The molecule has 1 aliphatic heterocycles. The van der Waals surface area contributed by atoms with Crippen molar-refractivity contribution in [1.29, 1.82) is 0 Å². The van der Waals surface area contributed by atoms with Crippen LogP contribution in [-0.4, -0.2) is 11.2 Å². The van der Waals surface area contributed by atoms with Crippen LogP contribution >= 0.6 is 0 Å². The molecule has 1 aromatic rings. The van der Waals surface area contributed by atoms with Crippen LogP contribution in [-0.2, 0) is 0 Å². The molecule has 0 amide bonds. The van der Waals surface area contributed by atoms with Crippen molar-refractivity contribution in [2.45, 2.75) is 0 Å². The van der Waals surface area contributed by atoms with Crippen molar-refractivity contribution in [3.63, 3.8) is 0 Å². The Labute approximate surface area is 76.5 Å². The molecule has 0 aromatic carbocycles. The number of nitrogens with zero attached hydrogens (tertiary/aromatic N) is 2. The van der Waals surface area contributed by atoms with Crippen LogP contribution in [0, 0.1) is 0 Å². The monoisotopic (exact) mass is 171 g/mol. The van der Waals surface area contributed by atoms with Crippen molar-refractivity contribution in [3.05, 3.63) is 48.2 Å². The van der Waals surface area contributed by atoms with Crippen LogP contribution in [0.15, 0.2) is 47.6 Å². The maximum absolute atomic E-state index is 4.02. The van der Waals surface area contributed by atoms with E-state index in [4.69, 9.17) is 0 Å². The maximum atomic E-state index is 4.02. The molecule has 64 valence electrons. The van der Waals surface area contributed by atoms with Gasteiger partial charge in [-0.25, -0.2) is 0 Å². The van der Waals surface area contributed by atoms with E-state index in [0.29, 0.717) is 0 Å². The third-order valence-electron chi connectivity index (χ3n) is 1.63. The molecule has 2 heterocycles. The van der Waals surface area contributed by atoms with Gasteiger partial charge in [0.1, 0.15) is 0 Å². The second kappa shape index (κ2) is 3.67. The molecule has 1 aromatic heterocycles. The number of allylic oxidation sites excluding steroid dienone is 1. The summed E-state index contributed by atoms with van der Waals surface area (Å²) in [6.07, 6.45) is 10.8. The van der Waals surface area contributed by atoms with Gasteiger partial charge in [0.05, 0.1) is 11.9 Å². The van der Waals surface area contributed by atoms with Gasteiger partial charge < -0.3 is 5.32 Å². The zero-order valence-electron chi connectivity index (χ0n) is 7.01. The minimum absolute atomic E-state index is 0.968. The Morgan fingerprint density at radius 3 is 3.08 bits per heavy atom. The average Bonchev–Trinajstić information content (AvgIpc) is 2.21. The lowest BCUT2D eigenvalue weighted by atomic mass is 10.2. The van der Waals surface area contributed by atoms with Gasteiger partial charge in [-0.2, -0.15) is 0 Å². The first-order chi connectivity index (χ1) is 6.45. The third kappa shape index (κ3) is 2.02. The Morgan fingerprint density at radius 1 is 1.38 bits per heavy atom. The minimum atomic E-state index is 0.968. The molecule has 0 unspecified atom stereocenters. The summed E-state index contributed by atoms with van der Waals surface area (Å²) < 4.78 is 0. The summed E-state index contributed by atoms with van der Waals surface area (Å²) in [6.45, 7) is 0. The van der Waals surface area contributed by atoms with Crippen molar-refractivity contribution >= 4 is 12.3 Å². The lowest BCUT2D eigenvalue weighted by Crippen LogP contribution is -2.08. The summed E-state index contributed by atoms with van der Waals surface area (Å²) in [7, 11) is 0. The largest absolute Gasteiger partial charge is 0.359 e. The Morgan fingerprint density at radius 2 is 2.38 bits per heavy atom. The second-order valence-corrected chi connectivity index (χ2v) is 2.62. The molecule has 13 heavy (non-hydrogen) atoms. The van der Waals surface area contributed by atoms with Crippen molar-refractivity contribution in [3.8, 4) is 0 Å². The van der Waals surface area contributed by atoms with Crippen molar-refractivity contribution in [1.82, 2.24) is 10.3 Å². The van der Waals surface area contributed by atoms with Crippen LogP contribution in [0.25, 0.3) is 6.08 Å². The maximum Gasteiger partial charge on any atom is 0.0572 e.